The second kappa shape index (κ2) is 10.1. The largest absolute Gasteiger partial charge is 0.487 e. The van der Waals surface area contributed by atoms with Crippen molar-refractivity contribution in [3.63, 3.8) is 0 Å². The van der Waals surface area contributed by atoms with Crippen molar-refractivity contribution < 1.29 is 18.6 Å². The fourth-order valence-corrected chi connectivity index (χ4v) is 4.95. The number of piperidine rings is 1. The van der Waals surface area contributed by atoms with Gasteiger partial charge in [0.1, 0.15) is 24.9 Å². The zero-order valence-electron chi connectivity index (χ0n) is 18.6. The van der Waals surface area contributed by atoms with Crippen molar-refractivity contribution >= 4 is 45.6 Å². The topological polar surface area (TPSA) is 77.5 Å². The second-order valence-electron chi connectivity index (χ2n) is 8.58. The molecule has 1 aromatic heterocycles. The van der Waals surface area contributed by atoms with Gasteiger partial charge in [-0.2, -0.15) is 0 Å². The molecule has 1 unspecified atom stereocenters. The van der Waals surface area contributed by atoms with Crippen LogP contribution in [0.5, 0.6) is 11.5 Å². The van der Waals surface area contributed by atoms with E-state index in [1.54, 1.807) is 7.11 Å². The van der Waals surface area contributed by atoms with Crippen molar-refractivity contribution in [3.8, 4) is 11.5 Å². The van der Waals surface area contributed by atoms with E-state index >= 15 is 0 Å². The van der Waals surface area contributed by atoms with E-state index in [9.17, 15) is 4.39 Å². The number of aromatic nitrogens is 2. The Bertz CT molecular complexity index is 1190. The Morgan fingerprint density at radius 2 is 1.88 bits per heavy atom. The predicted molar refractivity (Wildman–Crippen MR) is 130 cm³/mol. The van der Waals surface area contributed by atoms with Crippen LogP contribution in [0, 0.1) is 5.82 Å². The smallest absolute Gasteiger partial charge is 0.166 e. The van der Waals surface area contributed by atoms with Crippen LogP contribution in [0.25, 0.3) is 10.9 Å². The van der Waals surface area contributed by atoms with Crippen LogP contribution in [0.3, 0.4) is 0 Å². The second-order valence-corrected chi connectivity index (χ2v) is 9.36. The lowest BCUT2D eigenvalue weighted by molar-refractivity contribution is 0.121. The van der Waals surface area contributed by atoms with Gasteiger partial charge in [0.25, 0.3) is 0 Å². The third kappa shape index (κ3) is 4.86. The number of hydrogen-bond donors (Lipinski definition) is 2. The van der Waals surface area contributed by atoms with Crippen LogP contribution in [0.2, 0.25) is 10.0 Å². The molecular weight excluding hydrogens is 482 g/mol. The van der Waals surface area contributed by atoms with Crippen LogP contribution in [-0.4, -0.2) is 48.5 Å². The molecule has 5 rings (SSSR count). The molecule has 2 fully saturated rings. The molecule has 2 N–H and O–H groups in total. The van der Waals surface area contributed by atoms with Crippen molar-refractivity contribution in [1.82, 2.24) is 15.3 Å². The number of nitrogens with zero attached hydrogens (tertiary/aromatic N) is 2. The van der Waals surface area contributed by atoms with Crippen LogP contribution in [-0.2, 0) is 4.74 Å². The van der Waals surface area contributed by atoms with Crippen molar-refractivity contribution in [2.24, 2.45) is 0 Å². The first-order valence-electron chi connectivity index (χ1n) is 11.3. The van der Waals surface area contributed by atoms with Gasteiger partial charge in [-0.15, -0.1) is 0 Å². The van der Waals surface area contributed by atoms with Crippen molar-refractivity contribution in [1.29, 1.82) is 0 Å². The van der Waals surface area contributed by atoms with Gasteiger partial charge in [-0.1, -0.05) is 23.2 Å². The first-order valence-corrected chi connectivity index (χ1v) is 12.0. The molecule has 3 atom stereocenters. The zero-order chi connectivity index (χ0) is 23.7. The minimum Gasteiger partial charge on any atom is -0.487 e. The van der Waals surface area contributed by atoms with E-state index in [1.165, 1.54) is 31.3 Å². The molecule has 0 spiro atoms. The molecule has 3 heterocycles. The number of fused-ring (bicyclic) bond motifs is 3. The number of halogens is 3. The highest BCUT2D eigenvalue weighted by atomic mass is 35.5. The summed E-state index contributed by atoms with van der Waals surface area (Å²) in [6, 6.07) is 7.68. The van der Waals surface area contributed by atoms with Crippen LogP contribution in [0.15, 0.2) is 30.6 Å². The van der Waals surface area contributed by atoms with Crippen molar-refractivity contribution in [2.45, 2.75) is 43.9 Å². The number of ether oxygens (including phenoxy) is 3. The van der Waals surface area contributed by atoms with E-state index in [0.29, 0.717) is 53.5 Å². The van der Waals surface area contributed by atoms with Gasteiger partial charge < -0.3 is 24.8 Å². The number of hydrogen-bond acceptors (Lipinski definition) is 7. The number of benzene rings is 2. The zero-order valence-corrected chi connectivity index (χ0v) is 20.1. The monoisotopic (exact) mass is 506 g/mol. The first-order chi connectivity index (χ1) is 16.5. The molecule has 2 aliphatic rings. The molecule has 2 aliphatic heterocycles. The molecule has 2 bridgehead atoms. The quantitative estimate of drug-likeness (QED) is 0.308. The van der Waals surface area contributed by atoms with Gasteiger partial charge in [0.2, 0.25) is 0 Å². The average molecular weight is 507 g/mol. The number of anilines is 2. The molecular formula is C24H25Cl2FN4O3. The summed E-state index contributed by atoms with van der Waals surface area (Å²) in [6.45, 7) is 0.822. The van der Waals surface area contributed by atoms with Crippen molar-refractivity contribution in [2.75, 3.05) is 25.6 Å². The molecule has 0 saturated carbocycles. The normalized spacial score (nSPS) is 21.6. The molecule has 2 aromatic carbocycles. The summed E-state index contributed by atoms with van der Waals surface area (Å²) in [4.78, 5) is 8.71. The predicted octanol–water partition coefficient (Wildman–Crippen LogP) is 5.51. The van der Waals surface area contributed by atoms with Gasteiger partial charge in [-0.3, -0.25) is 0 Å². The summed E-state index contributed by atoms with van der Waals surface area (Å²) in [5.74, 6) is 0.950. The minimum absolute atomic E-state index is 0.0783. The van der Waals surface area contributed by atoms with Gasteiger partial charge in [0.05, 0.1) is 27.9 Å². The third-order valence-electron chi connectivity index (χ3n) is 6.26. The molecule has 34 heavy (non-hydrogen) atoms. The van der Waals surface area contributed by atoms with E-state index in [4.69, 9.17) is 37.4 Å². The van der Waals surface area contributed by atoms with E-state index in [2.05, 4.69) is 20.6 Å². The molecule has 0 aliphatic carbocycles. The minimum atomic E-state index is -0.651. The highest BCUT2D eigenvalue weighted by Gasteiger charge is 2.35. The summed E-state index contributed by atoms with van der Waals surface area (Å²) in [5.41, 5.74) is 0.787. The SMILES string of the molecule is COCCOc1cc2ncnc(Nc3ccc(Cl)c(Cl)c3F)c2cc1OC1C[C@H]2CC[C@@H](C1)N2. The van der Waals surface area contributed by atoms with Gasteiger partial charge in [0, 0.05) is 30.6 Å². The molecule has 10 heteroatoms. The maximum absolute atomic E-state index is 14.7. The first kappa shape index (κ1) is 23.4. The fourth-order valence-electron chi connectivity index (χ4n) is 4.63. The fraction of sp³-hybridized carbons (Fsp3) is 0.417. The molecule has 0 radical (unpaired) electrons. The van der Waals surface area contributed by atoms with E-state index < -0.39 is 5.82 Å². The maximum Gasteiger partial charge on any atom is 0.166 e. The molecule has 180 valence electrons. The van der Waals surface area contributed by atoms with Gasteiger partial charge in [0.15, 0.2) is 17.3 Å². The van der Waals surface area contributed by atoms with Gasteiger partial charge >= 0.3 is 0 Å². The molecule has 0 amide bonds. The summed E-state index contributed by atoms with van der Waals surface area (Å²) in [6.07, 6.45) is 5.72. The molecule has 7 nitrogen and oxygen atoms in total. The van der Waals surface area contributed by atoms with Crippen LogP contribution >= 0.6 is 23.2 Å². The Hall–Kier alpha value is -2.39. The number of nitrogens with one attached hydrogen (secondary N) is 2. The average Bonchev–Trinajstić information content (AvgIpc) is 3.18. The van der Waals surface area contributed by atoms with Crippen LogP contribution < -0.4 is 20.1 Å². The summed E-state index contributed by atoms with van der Waals surface area (Å²) >= 11 is 11.9. The number of rotatable bonds is 8. The Morgan fingerprint density at radius 3 is 2.65 bits per heavy atom. The lowest BCUT2D eigenvalue weighted by atomic mass is 10.0. The van der Waals surface area contributed by atoms with Gasteiger partial charge in [-0.25, -0.2) is 14.4 Å². The molecule has 2 saturated heterocycles. The van der Waals surface area contributed by atoms with Crippen LogP contribution in [0.4, 0.5) is 15.9 Å². The van der Waals surface area contributed by atoms with Crippen molar-refractivity contribution in [3.05, 3.63) is 46.5 Å². The maximum atomic E-state index is 14.7. The Balaban J connectivity index is 1.49. The number of methoxy groups -OCH3 is 1. The lowest BCUT2D eigenvalue weighted by Crippen LogP contribution is -2.42. The highest BCUT2D eigenvalue weighted by molar-refractivity contribution is 6.42. The summed E-state index contributed by atoms with van der Waals surface area (Å²) in [7, 11) is 1.62. The Labute approximate surface area is 206 Å². The van der Waals surface area contributed by atoms with Gasteiger partial charge in [-0.05, 0) is 43.9 Å². The molecule has 3 aromatic rings. The summed E-state index contributed by atoms with van der Waals surface area (Å²) in [5, 5.41) is 7.30. The standard InChI is InChI=1S/C24H25Cl2FN4O3/c1-32-6-7-33-20-11-19-16(10-21(20)34-15-8-13-2-3-14(9-15)30-13)24(29-12-28-19)31-18-5-4-17(25)22(26)23(18)27/h4-5,10-15,30H,2-3,6-9H2,1H3,(H,28,29,31)/t13-,14+,15?. The Morgan fingerprint density at radius 1 is 1.09 bits per heavy atom. The van der Waals surface area contributed by atoms with Crippen LogP contribution in [0.1, 0.15) is 25.7 Å². The summed E-state index contributed by atoms with van der Waals surface area (Å²) < 4.78 is 32.2. The highest BCUT2D eigenvalue weighted by Crippen LogP contribution is 2.39. The van der Waals surface area contributed by atoms with E-state index in [-0.39, 0.29) is 21.8 Å². The Kier molecular flexibility index (Phi) is 6.92. The lowest BCUT2D eigenvalue weighted by Gasteiger charge is -2.30. The third-order valence-corrected chi connectivity index (χ3v) is 7.04. The van der Waals surface area contributed by atoms with E-state index in [1.807, 2.05) is 12.1 Å². The van der Waals surface area contributed by atoms with E-state index in [0.717, 1.165) is 12.8 Å².